The Balaban J connectivity index is 2.03. The summed E-state index contributed by atoms with van der Waals surface area (Å²) in [7, 11) is 0. The van der Waals surface area contributed by atoms with E-state index in [9.17, 15) is 0 Å². The minimum Gasteiger partial charge on any atom is -0.300 e. The van der Waals surface area contributed by atoms with Crippen molar-refractivity contribution in [1.29, 1.82) is 0 Å². The lowest BCUT2D eigenvalue weighted by Crippen LogP contribution is -2.23. The van der Waals surface area contributed by atoms with Crippen LogP contribution in [0.25, 0.3) is 0 Å². The molecule has 0 fully saturated rings. The lowest BCUT2D eigenvalue weighted by atomic mass is 10.1. The number of hydrogen-bond acceptors (Lipinski definition) is 5. The van der Waals surface area contributed by atoms with Crippen molar-refractivity contribution in [3.05, 3.63) is 27.7 Å². The molecule has 0 amide bonds. The topological polar surface area (TPSA) is 66.5 Å². The molecule has 0 aromatic carbocycles. The van der Waals surface area contributed by atoms with Gasteiger partial charge in [0.2, 0.25) is 0 Å². The first-order valence-electron chi connectivity index (χ1n) is 5.22. The maximum Gasteiger partial charge on any atom is 0.191 e. The Morgan fingerprint density at radius 3 is 2.75 bits per heavy atom. The molecular weight excluding hydrogens is 222 g/mol. The zero-order chi connectivity index (χ0) is 11.5. The molecule has 0 saturated heterocycles. The van der Waals surface area contributed by atoms with E-state index in [0.717, 1.165) is 0 Å². The molecule has 5 nitrogen and oxygen atoms in total. The number of aryl methyl sites for hydroxylation is 1. The van der Waals surface area contributed by atoms with Crippen molar-refractivity contribution in [1.82, 2.24) is 25.9 Å². The standard InChI is InChI=1S/C10H15N5S/c1-6-4-5-16-9(6)7(2)11-8(3)10-12-14-15-13-10/h4-5,7-8,11H,1-3H3,(H,12,13,14,15). The summed E-state index contributed by atoms with van der Waals surface area (Å²) in [5.41, 5.74) is 1.32. The number of thiophene rings is 1. The summed E-state index contributed by atoms with van der Waals surface area (Å²) in [5, 5.41) is 19.5. The molecule has 86 valence electrons. The fourth-order valence-corrected chi connectivity index (χ4v) is 2.65. The molecule has 2 aromatic heterocycles. The number of tetrazole rings is 1. The van der Waals surface area contributed by atoms with Crippen LogP contribution in [0.2, 0.25) is 0 Å². The van der Waals surface area contributed by atoms with Gasteiger partial charge in [-0.2, -0.15) is 5.21 Å². The summed E-state index contributed by atoms with van der Waals surface area (Å²) in [6.45, 7) is 6.31. The van der Waals surface area contributed by atoms with Crippen molar-refractivity contribution in [2.45, 2.75) is 32.9 Å². The Hall–Kier alpha value is -1.27. The summed E-state index contributed by atoms with van der Waals surface area (Å²) in [6, 6.07) is 2.53. The zero-order valence-electron chi connectivity index (χ0n) is 9.56. The Kier molecular flexibility index (Phi) is 3.31. The second-order valence-corrected chi connectivity index (χ2v) is 4.80. The zero-order valence-corrected chi connectivity index (χ0v) is 10.4. The fourth-order valence-electron chi connectivity index (χ4n) is 1.71. The summed E-state index contributed by atoms with van der Waals surface area (Å²) >= 11 is 1.77. The summed E-state index contributed by atoms with van der Waals surface area (Å²) in [6.07, 6.45) is 0. The average Bonchev–Trinajstić information content (AvgIpc) is 2.86. The Morgan fingerprint density at radius 2 is 2.19 bits per heavy atom. The van der Waals surface area contributed by atoms with Gasteiger partial charge in [-0.05, 0) is 37.8 Å². The van der Waals surface area contributed by atoms with E-state index < -0.39 is 0 Å². The molecule has 2 heterocycles. The first-order valence-corrected chi connectivity index (χ1v) is 6.10. The van der Waals surface area contributed by atoms with Crippen molar-refractivity contribution in [3.8, 4) is 0 Å². The molecule has 0 bridgehead atoms. The molecule has 16 heavy (non-hydrogen) atoms. The van der Waals surface area contributed by atoms with Gasteiger partial charge in [0.05, 0.1) is 6.04 Å². The van der Waals surface area contributed by atoms with Crippen LogP contribution < -0.4 is 5.32 Å². The van der Waals surface area contributed by atoms with Gasteiger partial charge in [0.1, 0.15) is 0 Å². The molecule has 2 atom stereocenters. The summed E-state index contributed by atoms with van der Waals surface area (Å²) < 4.78 is 0. The minimum absolute atomic E-state index is 0.0928. The Bertz CT molecular complexity index is 436. The highest BCUT2D eigenvalue weighted by Crippen LogP contribution is 2.25. The van der Waals surface area contributed by atoms with Crippen LogP contribution in [0.3, 0.4) is 0 Å². The molecule has 2 rings (SSSR count). The molecule has 0 saturated carbocycles. The number of aromatic nitrogens is 4. The van der Waals surface area contributed by atoms with Gasteiger partial charge in [-0.3, -0.25) is 5.32 Å². The maximum atomic E-state index is 3.97. The van der Waals surface area contributed by atoms with Crippen molar-refractivity contribution < 1.29 is 0 Å². The molecule has 0 spiro atoms. The molecule has 0 radical (unpaired) electrons. The van der Waals surface area contributed by atoms with Crippen molar-refractivity contribution >= 4 is 11.3 Å². The highest BCUT2D eigenvalue weighted by Gasteiger charge is 2.16. The predicted octanol–water partition coefficient (Wildman–Crippen LogP) is 1.98. The molecule has 0 aliphatic heterocycles. The second-order valence-electron chi connectivity index (χ2n) is 3.85. The SMILES string of the molecule is Cc1ccsc1C(C)NC(C)c1nn[nH]n1. The average molecular weight is 237 g/mol. The van der Waals surface area contributed by atoms with Crippen LogP contribution in [-0.4, -0.2) is 20.6 Å². The van der Waals surface area contributed by atoms with Crippen LogP contribution in [0.5, 0.6) is 0 Å². The fraction of sp³-hybridized carbons (Fsp3) is 0.500. The lowest BCUT2D eigenvalue weighted by Gasteiger charge is -2.17. The Morgan fingerprint density at radius 1 is 1.38 bits per heavy atom. The van der Waals surface area contributed by atoms with E-state index in [4.69, 9.17) is 0 Å². The van der Waals surface area contributed by atoms with Gasteiger partial charge >= 0.3 is 0 Å². The first-order chi connectivity index (χ1) is 7.68. The van der Waals surface area contributed by atoms with Crippen LogP contribution in [0.1, 0.15) is 42.2 Å². The molecule has 0 aliphatic carbocycles. The number of nitrogens with one attached hydrogen (secondary N) is 2. The third kappa shape index (κ3) is 2.28. The third-order valence-electron chi connectivity index (χ3n) is 2.54. The quantitative estimate of drug-likeness (QED) is 0.853. The van der Waals surface area contributed by atoms with E-state index in [1.165, 1.54) is 10.4 Å². The smallest absolute Gasteiger partial charge is 0.191 e. The number of aromatic amines is 1. The molecular formula is C10H15N5S. The largest absolute Gasteiger partial charge is 0.300 e. The molecule has 6 heteroatoms. The maximum absolute atomic E-state index is 3.97. The third-order valence-corrected chi connectivity index (χ3v) is 3.75. The van der Waals surface area contributed by atoms with Crippen molar-refractivity contribution in [3.63, 3.8) is 0 Å². The van der Waals surface area contributed by atoms with Gasteiger partial charge < -0.3 is 0 Å². The van der Waals surface area contributed by atoms with Crippen LogP contribution in [-0.2, 0) is 0 Å². The van der Waals surface area contributed by atoms with Crippen LogP contribution in [0, 0.1) is 6.92 Å². The number of nitrogens with zero attached hydrogens (tertiary/aromatic N) is 3. The highest BCUT2D eigenvalue weighted by molar-refractivity contribution is 7.10. The molecule has 2 N–H and O–H groups in total. The summed E-state index contributed by atoms with van der Waals surface area (Å²) in [4.78, 5) is 1.36. The van der Waals surface area contributed by atoms with Gasteiger partial charge in [-0.25, -0.2) is 0 Å². The van der Waals surface area contributed by atoms with Crippen LogP contribution in [0.4, 0.5) is 0 Å². The van der Waals surface area contributed by atoms with Crippen LogP contribution >= 0.6 is 11.3 Å². The molecule has 2 aromatic rings. The highest BCUT2D eigenvalue weighted by atomic mass is 32.1. The Labute approximate surface area is 98.3 Å². The van der Waals surface area contributed by atoms with E-state index >= 15 is 0 Å². The van der Waals surface area contributed by atoms with E-state index in [0.29, 0.717) is 11.9 Å². The van der Waals surface area contributed by atoms with E-state index in [1.54, 1.807) is 11.3 Å². The van der Waals surface area contributed by atoms with Gasteiger partial charge in [0, 0.05) is 10.9 Å². The minimum atomic E-state index is 0.0928. The van der Waals surface area contributed by atoms with E-state index in [1.807, 2.05) is 6.92 Å². The van der Waals surface area contributed by atoms with Gasteiger partial charge in [0.25, 0.3) is 0 Å². The summed E-state index contributed by atoms with van der Waals surface area (Å²) in [5.74, 6) is 0.695. The van der Waals surface area contributed by atoms with Crippen LogP contribution in [0.15, 0.2) is 11.4 Å². The molecule has 2 unspecified atom stereocenters. The molecule has 0 aliphatic rings. The van der Waals surface area contributed by atoms with Gasteiger partial charge in [-0.1, -0.05) is 5.21 Å². The first kappa shape index (κ1) is 11.2. The normalized spacial score (nSPS) is 14.9. The lowest BCUT2D eigenvalue weighted by molar-refractivity contribution is 0.480. The van der Waals surface area contributed by atoms with Crippen molar-refractivity contribution in [2.24, 2.45) is 0 Å². The number of hydrogen-bond donors (Lipinski definition) is 2. The van der Waals surface area contributed by atoms with Gasteiger partial charge in [0.15, 0.2) is 5.82 Å². The van der Waals surface area contributed by atoms with Crippen molar-refractivity contribution in [2.75, 3.05) is 0 Å². The second kappa shape index (κ2) is 4.71. The predicted molar refractivity (Wildman–Crippen MR) is 63.2 cm³/mol. The van der Waals surface area contributed by atoms with Gasteiger partial charge in [-0.15, -0.1) is 21.5 Å². The van der Waals surface area contributed by atoms with E-state index in [2.05, 4.69) is 51.2 Å². The van der Waals surface area contributed by atoms with E-state index in [-0.39, 0.29) is 6.04 Å². The number of H-pyrrole nitrogens is 1. The number of rotatable bonds is 4. The monoisotopic (exact) mass is 237 g/mol.